The summed E-state index contributed by atoms with van der Waals surface area (Å²) in [6, 6.07) is 0.0868. The van der Waals surface area contributed by atoms with E-state index in [1.807, 2.05) is 19.9 Å². The van der Waals surface area contributed by atoms with Gasteiger partial charge in [0.05, 0.1) is 11.1 Å². The van der Waals surface area contributed by atoms with Crippen LogP contribution in [0.25, 0.3) is 0 Å². The summed E-state index contributed by atoms with van der Waals surface area (Å²) in [5, 5.41) is 6.57. The zero-order valence-electron chi connectivity index (χ0n) is 21.8. The number of piperidine rings is 1. The molecule has 0 saturated carbocycles. The van der Waals surface area contributed by atoms with Crippen LogP contribution in [0.2, 0.25) is 0 Å². The second kappa shape index (κ2) is 11.8. The van der Waals surface area contributed by atoms with Crippen LogP contribution in [-0.4, -0.2) is 86.6 Å². The maximum absolute atomic E-state index is 13.7. The Labute approximate surface area is 215 Å². The molecule has 1 saturated heterocycles. The number of nitrogens with one attached hydrogen (secondary N) is 2. The molecule has 35 heavy (non-hydrogen) atoms. The zero-order chi connectivity index (χ0) is 25.1. The molecule has 2 unspecified atom stereocenters. The van der Waals surface area contributed by atoms with E-state index in [9.17, 15) is 14.4 Å². The van der Waals surface area contributed by atoms with E-state index in [1.54, 1.807) is 32.2 Å². The van der Waals surface area contributed by atoms with Gasteiger partial charge in [-0.15, -0.1) is 12.4 Å². The highest BCUT2D eigenvalue weighted by Crippen LogP contribution is 2.45. The van der Waals surface area contributed by atoms with Crippen molar-refractivity contribution >= 4 is 30.1 Å². The van der Waals surface area contributed by atoms with Crippen LogP contribution in [-0.2, 0) is 23.9 Å². The first-order valence-corrected chi connectivity index (χ1v) is 12.2. The molecule has 1 aliphatic carbocycles. The molecule has 0 radical (unpaired) electrons. The molecule has 2 aliphatic heterocycles. The van der Waals surface area contributed by atoms with Crippen molar-refractivity contribution in [2.45, 2.75) is 58.1 Å². The van der Waals surface area contributed by atoms with Crippen LogP contribution in [0.3, 0.4) is 0 Å². The third kappa shape index (κ3) is 5.67. The number of methoxy groups -OCH3 is 1. The molecule has 9 nitrogen and oxygen atoms in total. The van der Waals surface area contributed by atoms with E-state index in [2.05, 4.69) is 10.6 Å². The summed E-state index contributed by atoms with van der Waals surface area (Å²) in [6.07, 6.45) is 6.57. The van der Waals surface area contributed by atoms with Crippen molar-refractivity contribution in [2.24, 2.45) is 11.3 Å². The lowest BCUT2D eigenvalue weighted by molar-refractivity contribution is -0.169. The molecule has 3 aliphatic rings. The van der Waals surface area contributed by atoms with Gasteiger partial charge in [-0.05, 0) is 44.7 Å². The largest absolute Gasteiger partial charge is 0.466 e. The summed E-state index contributed by atoms with van der Waals surface area (Å²) in [6.45, 7) is 8.15. The monoisotopic (exact) mass is 512 g/mol. The number of halogens is 1. The maximum Gasteiger partial charge on any atom is 0.280 e. The van der Waals surface area contributed by atoms with Crippen molar-refractivity contribution in [1.82, 2.24) is 20.4 Å². The van der Waals surface area contributed by atoms with Crippen molar-refractivity contribution in [1.29, 1.82) is 0 Å². The van der Waals surface area contributed by atoms with Crippen molar-refractivity contribution < 1.29 is 23.9 Å². The number of ether oxygens (including phenoxy) is 2. The molecule has 0 bridgehead atoms. The van der Waals surface area contributed by atoms with Crippen molar-refractivity contribution in [2.75, 3.05) is 47.4 Å². The standard InChI is InChI=1S/C25H40N4O5.ClH/c1-17(2)25(21(30)27-18-9-7-12-26-16-18)11-10-20-19(15-25)29(13-8-14-33-6)23(32)24(3,34-20)22(31)28(4)5;/h10-11,17-18,26H,7-9,12-16H2,1-6H3,(H,27,30);1H/t18-,24?,25?;/m1./s1. The van der Waals surface area contributed by atoms with Gasteiger partial charge in [-0.2, -0.15) is 0 Å². The molecular formula is C25H41ClN4O5. The van der Waals surface area contributed by atoms with Crippen LogP contribution in [0.5, 0.6) is 0 Å². The lowest BCUT2D eigenvalue weighted by Gasteiger charge is -2.46. The number of carbonyl (C=O) groups excluding carboxylic acids is 3. The molecule has 0 aromatic rings. The average molecular weight is 513 g/mol. The summed E-state index contributed by atoms with van der Waals surface area (Å²) in [5.41, 5.74) is -1.83. The van der Waals surface area contributed by atoms with Gasteiger partial charge in [-0.3, -0.25) is 14.4 Å². The summed E-state index contributed by atoms with van der Waals surface area (Å²) >= 11 is 0. The summed E-state index contributed by atoms with van der Waals surface area (Å²) in [7, 11) is 4.83. The fourth-order valence-electron chi connectivity index (χ4n) is 4.98. The van der Waals surface area contributed by atoms with E-state index < -0.39 is 22.8 Å². The fourth-order valence-corrected chi connectivity index (χ4v) is 4.98. The molecule has 198 valence electrons. The Morgan fingerprint density at radius 2 is 2.09 bits per heavy atom. The van der Waals surface area contributed by atoms with E-state index in [-0.39, 0.29) is 30.3 Å². The molecule has 3 rings (SSSR count). The Hall–Kier alpha value is -2.10. The van der Waals surface area contributed by atoms with Crippen LogP contribution >= 0.6 is 12.4 Å². The van der Waals surface area contributed by atoms with Gasteiger partial charge in [0.15, 0.2) is 0 Å². The maximum atomic E-state index is 13.7. The number of likely N-dealkylation sites (N-methyl/N-ethyl adjacent to an activating group) is 1. The summed E-state index contributed by atoms with van der Waals surface area (Å²) in [4.78, 5) is 43.3. The number of amides is 3. The lowest BCUT2D eigenvalue weighted by atomic mass is 9.69. The molecule has 2 heterocycles. The molecule has 3 amide bonds. The van der Waals surface area contributed by atoms with Gasteiger partial charge in [0.2, 0.25) is 5.91 Å². The molecule has 0 aromatic heterocycles. The topological polar surface area (TPSA) is 100 Å². The van der Waals surface area contributed by atoms with Crippen LogP contribution in [0.1, 0.15) is 46.5 Å². The lowest BCUT2D eigenvalue weighted by Crippen LogP contribution is -2.61. The Morgan fingerprint density at radius 1 is 1.37 bits per heavy atom. The van der Waals surface area contributed by atoms with Crippen molar-refractivity contribution in [3.8, 4) is 0 Å². The van der Waals surface area contributed by atoms with E-state index in [4.69, 9.17) is 9.47 Å². The first kappa shape index (κ1) is 29.1. The summed E-state index contributed by atoms with van der Waals surface area (Å²) < 4.78 is 11.3. The molecule has 1 fully saturated rings. The minimum Gasteiger partial charge on any atom is -0.466 e. The highest BCUT2D eigenvalue weighted by molar-refractivity contribution is 6.09. The van der Waals surface area contributed by atoms with Gasteiger partial charge in [0.25, 0.3) is 17.4 Å². The van der Waals surface area contributed by atoms with Gasteiger partial charge in [-0.1, -0.05) is 19.9 Å². The molecule has 0 aromatic carbocycles. The quantitative estimate of drug-likeness (QED) is 0.380. The second-order valence-electron chi connectivity index (χ2n) is 10.2. The van der Waals surface area contributed by atoms with Gasteiger partial charge >= 0.3 is 0 Å². The third-order valence-electron chi connectivity index (χ3n) is 7.20. The predicted molar refractivity (Wildman–Crippen MR) is 136 cm³/mol. The average Bonchev–Trinajstić information content (AvgIpc) is 2.81. The van der Waals surface area contributed by atoms with Gasteiger partial charge in [0, 0.05) is 53.4 Å². The highest BCUT2D eigenvalue weighted by Gasteiger charge is 2.54. The fraction of sp³-hybridized carbons (Fsp3) is 0.720. The van der Waals surface area contributed by atoms with Crippen LogP contribution in [0, 0.1) is 11.3 Å². The predicted octanol–water partition coefficient (Wildman–Crippen LogP) is 1.83. The molecule has 2 N–H and O–H groups in total. The molecule has 0 spiro atoms. The van der Waals surface area contributed by atoms with E-state index in [0.717, 1.165) is 25.9 Å². The van der Waals surface area contributed by atoms with Crippen LogP contribution in [0.4, 0.5) is 0 Å². The SMILES string of the molecule is COCCCN1C(=O)C(C)(C(=O)N(C)C)OC2=C1CC(C(=O)N[C@@H]1CCCNC1)(C(C)C)C=C2.Cl. The number of allylic oxidation sites excluding steroid dienone is 2. The minimum absolute atomic E-state index is 0. The molecule has 10 heteroatoms. The first-order chi connectivity index (χ1) is 16.1. The van der Waals surface area contributed by atoms with E-state index in [1.165, 1.54) is 11.8 Å². The molecule has 3 atom stereocenters. The van der Waals surface area contributed by atoms with Crippen molar-refractivity contribution in [3.05, 3.63) is 23.6 Å². The number of hydrogen-bond acceptors (Lipinski definition) is 6. The Balaban J connectivity index is 0.00000432. The highest BCUT2D eigenvalue weighted by atomic mass is 35.5. The second-order valence-corrected chi connectivity index (χ2v) is 10.2. The Kier molecular flexibility index (Phi) is 9.79. The Bertz CT molecular complexity index is 868. The van der Waals surface area contributed by atoms with Gasteiger partial charge in [0.1, 0.15) is 5.76 Å². The zero-order valence-corrected chi connectivity index (χ0v) is 22.6. The van der Waals surface area contributed by atoms with Crippen molar-refractivity contribution in [3.63, 3.8) is 0 Å². The third-order valence-corrected chi connectivity index (χ3v) is 7.20. The molecular weight excluding hydrogens is 472 g/mol. The smallest absolute Gasteiger partial charge is 0.280 e. The summed E-state index contributed by atoms with van der Waals surface area (Å²) in [5.74, 6) is -0.413. The van der Waals surface area contributed by atoms with Crippen LogP contribution < -0.4 is 10.6 Å². The first-order valence-electron chi connectivity index (χ1n) is 12.2. The normalized spacial score (nSPS) is 28.3. The van der Waals surface area contributed by atoms with Gasteiger partial charge in [-0.25, -0.2) is 0 Å². The number of nitrogens with zero attached hydrogens (tertiary/aromatic N) is 2. The minimum atomic E-state index is -1.66. The number of hydrogen-bond donors (Lipinski definition) is 2. The van der Waals surface area contributed by atoms with E-state index >= 15 is 0 Å². The van der Waals surface area contributed by atoms with Crippen LogP contribution in [0.15, 0.2) is 23.6 Å². The number of carbonyl (C=O) groups is 3. The Morgan fingerprint density at radius 3 is 2.66 bits per heavy atom. The van der Waals surface area contributed by atoms with E-state index in [0.29, 0.717) is 37.4 Å². The van der Waals surface area contributed by atoms with Gasteiger partial charge < -0.3 is 29.9 Å². The number of rotatable bonds is 8.